The summed E-state index contributed by atoms with van der Waals surface area (Å²) in [6.45, 7) is 8.37. The second-order valence-electron chi connectivity index (χ2n) is 8.07. The molecule has 1 aromatic rings. The highest BCUT2D eigenvalue weighted by Crippen LogP contribution is 2.28. The van der Waals surface area contributed by atoms with E-state index in [4.69, 9.17) is 4.74 Å². The average Bonchev–Trinajstić information content (AvgIpc) is 2.89. The van der Waals surface area contributed by atoms with Crippen molar-refractivity contribution < 1.29 is 9.53 Å². The number of carbonyl (C=O) groups is 1. The van der Waals surface area contributed by atoms with Crippen molar-refractivity contribution in [3.63, 3.8) is 0 Å². The van der Waals surface area contributed by atoms with Crippen LogP contribution in [0.1, 0.15) is 52.1 Å². The molecule has 2 fully saturated rings. The Morgan fingerprint density at radius 2 is 2.12 bits per heavy atom. The molecule has 1 saturated carbocycles. The van der Waals surface area contributed by atoms with Crippen LogP contribution in [0.4, 0.5) is 5.82 Å². The van der Waals surface area contributed by atoms with E-state index in [9.17, 15) is 4.79 Å². The van der Waals surface area contributed by atoms with Gasteiger partial charge >= 0.3 is 0 Å². The average molecular weight is 334 g/mol. The molecular formula is C18H30N4O2. The van der Waals surface area contributed by atoms with Crippen LogP contribution >= 0.6 is 0 Å². The number of nitrogens with zero attached hydrogens (tertiary/aromatic N) is 3. The third-order valence-electron chi connectivity index (χ3n) is 5.11. The summed E-state index contributed by atoms with van der Waals surface area (Å²) < 4.78 is 7.64. The lowest BCUT2D eigenvalue weighted by atomic mass is 9.90. The fourth-order valence-electron chi connectivity index (χ4n) is 3.69. The molecule has 134 valence electrons. The lowest BCUT2D eigenvalue weighted by Crippen LogP contribution is -2.54. The van der Waals surface area contributed by atoms with E-state index in [1.807, 2.05) is 13.1 Å². The number of carbonyl (C=O) groups excluding carboxylic acids is 1. The molecule has 6 heteroatoms. The highest BCUT2D eigenvalue weighted by molar-refractivity contribution is 5.91. The van der Waals surface area contributed by atoms with E-state index < -0.39 is 0 Å². The number of aryl methyl sites for hydroxylation is 1. The van der Waals surface area contributed by atoms with Gasteiger partial charge in [-0.25, -0.2) is 0 Å². The molecule has 3 rings (SSSR count). The first-order valence-electron chi connectivity index (χ1n) is 9.04. The van der Waals surface area contributed by atoms with Crippen LogP contribution in [0.3, 0.4) is 0 Å². The van der Waals surface area contributed by atoms with Crippen molar-refractivity contribution >= 4 is 11.7 Å². The molecule has 2 aliphatic rings. The molecule has 6 nitrogen and oxygen atoms in total. The normalized spacial score (nSPS) is 25.3. The number of rotatable bonds is 3. The summed E-state index contributed by atoms with van der Waals surface area (Å²) in [5, 5.41) is 7.54. The van der Waals surface area contributed by atoms with E-state index in [2.05, 4.69) is 36.1 Å². The molecule has 2 atom stereocenters. The highest BCUT2D eigenvalue weighted by Gasteiger charge is 2.35. The topological polar surface area (TPSA) is 59.4 Å². The zero-order valence-corrected chi connectivity index (χ0v) is 15.3. The van der Waals surface area contributed by atoms with Gasteiger partial charge < -0.3 is 10.1 Å². The number of nitrogens with one attached hydrogen (secondary N) is 1. The van der Waals surface area contributed by atoms with Crippen LogP contribution in [-0.4, -0.2) is 52.4 Å². The third kappa shape index (κ3) is 3.81. The quantitative estimate of drug-likeness (QED) is 0.921. The summed E-state index contributed by atoms with van der Waals surface area (Å²) in [5.41, 5.74) is 0.958. The summed E-state index contributed by atoms with van der Waals surface area (Å²) >= 11 is 0. The Morgan fingerprint density at radius 3 is 2.83 bits per heavy atom. The number of amides is 1. The van der Waals surface area contributed by atoms with Crippen molar-refractivity contribution in [2.24, 2.45) is 7.05 Å². The van der Waals surface area contributed by atoms with Crippen molar-refractivity contribution in [1.29, 1.82) is 0 Å². The fraction of sp³-hybridized carbons (Fsp3) is 0.778. The largest absolute Gasteiger partial charge is 0.375 e. The third-order valence-corrected chi connectivity index (χ3v) is 5.11. The van der Waals surface area contributed by atoms with Gasteiger partial charge in [-0.1, -0.05) is 33.6 Å². The maximum absolute atomic E-state index is 12.5. The van der Waals surface area contributed by atoms with Crippen molar-refractivity contribution in [3.05, 3.63) is 11.8 Å². The van der Waals surface area contributed by atoms with Gasteiger partial charge in [0.25, 0.3) is 0 Å². The molecule has 0 unspecified atom stereocenters. The second-order valence-corrected chi connectivity index (χ2v) is 8.07. The number of ether oxygens (including phenoxy) is 1. The Kier molecular flexibility index (Phi) is 4.97. The summed E-state index contributed by atoms with van der Waals surface area (Å²) in [5.74, 6) is 0.795. The molecular weight excluding hydrogens is 304 g/mol. The first kappa shape index (κ1) is 17.4. The zero-order chi connectivity index (χ0) is 17.3. The number of aromatic nitrogens is 2. The zero-order valence-electron chi connectivity index (χ0n) is 15.3. The van der Waals surface area contributed by atoms with E-state index in [1.165, 1.54) is 12.8 Å². The Morgan fingerprint density at radius 1 is 1.38 bits per heavy atom. The summed E-state index contributed by atoms with van der Waals surface area (Å²) in [4.78, 5) is 14.8. The van der Waals surface area contributed by atoms with E-state index >= 15 is 0 Å². The van der Waals surface area contributed by atoms with Gasteiger partial charge in [0.05, 0.1) is 24.9 Å². The Balaban J connectivity index is 1.62. The van der Waals surface area contributed by atoms with Crippen LogP contribution < -0.4 is 5.32 Å². The Labute approximate surface area is 144 Å². The molecule has 1 amide bonds. The van der Waals surface area contributed by atoms with Gasteiger partial charge in [0.15, 0.2) is 0 Å². The van der Waals surface area contributed by atoms with E-state index in [0.717, 1.165) is 37.5 Å². The van der Waals surface area contributed by atoms with Gasteiger partial charge in [-0.3, -0.25) is 14.4 Å². The standard InChI is InChI=1S/C18H30N4O2/c1-18(2,3)15-11-16(21(4)20-15)19-17(23)12-22-9-10-24-14-8-6-5-7-13(14)22/h11,13-14H,5-10,12H2,1-4H3,(H,19,23)/t13-,14+/m1/s1. The van der Waals surface area contributed by atoms with Crippen LogP contribution in [0, 0.1) is 0 Å². The second kappa shape index (κ2) is 6.84. The lowest BCUT2D eigenvalue weighted by Gasteiger charge is -2.43. The van der Waals surface area contributed by atoms with Gasteiger partial charge in [-0.2, -0.15) is 5.10 Å². The van der Waals surface area contributed by atoms with Gasteiger partial charge in [0.1, 0.15) is 5.82 Å². The van der Waals surface area contributed by atoms with E-state index in [1.54, 1.807) is 4.68 Å². The molecule has 1 N–H and O–H groups in total. The molecule has 1 aliphatic carbocycles. The van der Waals surface area contributed by atoms with Gasteiger partial charge in [0, 0.05) is 31.1 Å². The molecule has 0 radical (unpaired) electrons. The molecule has 24 heavy (non-hydrogen) atoms. The van der Waals surface area contributed by atoms with Crippen LogP contribution in [-0.2, 0) is 22.0 Å². The smallest absolute Gasteiger partial charge is 0.239 e. The first-order valence-corrected chi connectivity index (χ1v) is 9.04. The number of fused-ring (bicyclic) bond motifs is 1. The molecule has 1 aromatic heterocycles. The van der Waals surface area contributed by atoms with Gasteiger partial charge in [0.2, 0.25) is 5.91 Å². The number of hydrogen-bond donors (Lipinski definition) is 1. The van der Waals surface area contributed by atoms with Crippen LogP contribution in [0.15, 0.2) is 6.07 Å². The lowest BCUT2D eigenvalue weighted by molar-refractivity contribution is -0.124. The minimum absolute atomic E-state index is 0.0275. The molecule has 2 heterocycles. The number of hydrogen-bond acceptors (Lipinski definition) is 4. The van der Waals surface area contributed by atoms with Crippen molar-refractivity contribution in [2.75, 3.05) is 25.0 Å². The predicted molar refractivity (Wildman–Crippen MR) is 94.1 cm³/mol. The summed E-state index contributed by atoms with van der Waals surface area (Å²) in [6, 6.07) is 2.37. The number of anilines is 1. The van der Waals surface area contributed by atoms with Crippen LogP contribution in [0.5, 0.6) is 0 Å². The maximum atomic E-state index is 12.5. The van der Waals surface area contributed by atoms with E-state index in [-0.39, 0.29) is 11.3 Å². The van der Waals surface area contributed by atoms with Crippen molar-refractivity contribution in [3.8, 4) is 0 Å². The monoisotopic (exact) mass is 334 g/mol. The van der Waals surface area contributed by atoms with Gasteiger partial charge in [-0.15, -0.1) is 0 Å². The summed E-state index contributed by atoms with van der Waals surface area (Å²) in [6.07, 6.45) is 5.05. The summed E-state index contributed by atoms with van der Waals surface area (Å²) in [7, 11) is 1.87. The van der Waals surface area contributed by atoms with E-state index in [0.29, 0.717) is 18.7 Å². The Hall–Kier alpha value is -1.40. The van der Waals surface area contributed by atoms with Crippen LogP contribution in [0.2, 0.25) is 0 Å². The van der Waals surface area contributed by atoms with Crippen LogP contribution in [0.25, 0.3) is 0 Å². The molecule has 1 saturated heterocycles. The van der Waals surface area contributed by atoms with Crippen molar-refractivity contribution in [1.82, 2.24) is 14.7 Å². The Bertz CT molecular complexity index is 588. The minimum atomic E-state index is -0.0275. The number of morpholine rings is 1. The maximum Gasteiger partial charge on any atom is 0.239 e. The molecule has 0 spiro atoms. The highest BCUT2D eigenvalue weighted by atomic mass is 16.5. The molecule has 1 aliphatic heterocycles. The SMILES string of the molecule is Cn1nc(C(C)(C)C)cc1NC(=O)CN1CCO[C@H]2CCCC[C@H]21. The fourth-order valence-corrected chi connectivity index (χ4v) is 3.69. The van der Waals surface area contributed by atoms with Crippen molar-refractivity contribution in [2.45, 2.75) is 64.0 Å². The van der Waals surface area contributed by atoms with Gasteiger partial charge in [-0.05, 0) is 12.8 Å². The molecule has 0 bridgehead atoms. The first-order chi connectivity index (χ1) is 11.3. The molecule has 0 aromatic carbocycles. The minimum Gasteiger partial charge on any atom is -0.375 e. The predicted octanol–water partition coefficient (Wildman–Crippen LogP) is 2.30.